The van der Waals surface area contributed by atoms with Crippen molar-refractivity contribution in [2.45, 2.75) is 19.4 Å². The fraction of sp³-hybridized carbons (Fsp3) is 0.600. The van der Waals surface area contributed by atoms with Crippen LogP contribution < -0.4 is 5.73 Å². The molecule has 0 bridgehead atoms. The molecule has 0 aliphatic carbocycles. The van der Waals surface area contributed by atoms with Crippen molar-refractivity contribution in [2.24, 2.45) is 5.73 Å². The van der Waals surface area contributed by atoms with E-state index in [1.54, 1.807) is 0 Å². The third-order valence-corrected chi connectivity index (χ3v) is 4.18. The summed E-state index contributed by atoms with van der Waals surface area (Å²) < 4.78 is 0. The molecule has 0 saturated carbocycles. The summed E-state index contributed by atoms with van der Waals surface area (Å²) in [5, 5.41) is 1.21. The summed E-state index contributed by atoms with van der Waals surface area (Å²) in [5.74, 6) is 0. The van der Waals surface area contributed by atoms with Crippen LogP contribution in [0.5, 0.6) is 0 Å². The minimum Gasteiger partial charge on any atom is -0.329 e. The van der Waals surface area contributed by atoms with Crippen LogP contribution in [-0.2, 0) is 0 Å². The van der Waals surface area contributed by atoms with Gasteiger partial charge < -0.3 is 10.6 Å². The van der Waals surface area contributed by atoms with E-state index >= 15 is 0 Å². The lowest BCUT2D eigenvalue weighted by molar-refractivity contribution is 0.182. The Hall–Kier alpha value is -0.320. The van der Waals surface area contributed by atoms with Gasteiger partial charge in [-0.25, -0.2) is 0 Å². The molecule has 1 unspecified atom stereocenters. The minimum absolute atomic E-state index is 0.112. The zero-order valence-corrected chi connectivity index (χ0v) is 14.1. The fourth-order valence-corrected chi connectivity index (χ4v) is 2.72. The molecule has 0 spiro atoms. The summed E-state index contributed by atoms with van der Waals surface area (Å²) in [7, 11) is 4.15. The van der Waals surface area contributed by atoms with Crippen molar-refractivity contribution >= 4 is 23.2 Å². The van der Waals surface area contributed by atoms with Gasteiger partial charge in [-0.05, 0) is 38.7 Å². The average molecular weight is 318 g/mol. The maximum Gasteiger partial charge on any atom is 0.0640 e. The van der Waals surface area contributed by atoms with Crippen LogP contribution in [0.4, 0.5) is 0 Å². The van der Waals surface area contributed by atoms with E-state index in [2.05, 4.69) is 30.8 Å². The lowest BCUT2D eigenvalue weighted by atomic mass is 10.0. The lowest BCUT2D eigenvalue weighted by Crippen LogP contribution is -2.38. The van der Waals surface area contributed by atoms with Gasteiger partial charge in [0.25, 0.3) is 0 Å². The average Bonchev–Trinajstić information content (AvgIpc) is 2.41. The second-order valence-corrected chi connectivity index (χ2v) is 6.02. The summed E-state index contributed by atoms with van der Waals surface area (Å²) in [4.78, 5) is 4.56. The summed E-state index contributed by atoms with van der Waals surface area (Å²) in [6.45, 7) is 5.67. The topological polar surface area (TPSA) is 32.5 Å². The molecule has 0 heterocycles. The Labute approximate surface area is 132 Å². The van der Waals surface area contributed by atoms with Crippen molar-refractivity contribution in [2.75, 3.05) is 40.3 Å². The predicted octanol–water partition coefficient (Wildman–Crippen LogP) is 3.27. The molecular weight excluding hydrogens is 293 g/mol. The molecule has 114 valence electrons. The van der Waals surface area contributed by atoms with Crippen LogP contribution >= 0.6 is 23.2 Å². The molecule has 1 aromatic rings. The van der Waals surface area contributed by atoms with E-state index in [-0.39, 0.29) is 6.04 Å². The van der Waals surface area contributed by atoms with Crippen molar-refractivity contribution in [3.05, 3.63) is 33.8 Å². The van der Waals surface area contributed by atoms with Crippen LogP contribution in [0.1, 0.15) is 24.9 Å². The van der Waals surface area contributed by atoms with E-state index in [0.717, 1.165) is 31.6 Å². The largest absolute Gasteiger partial charge is 0.329 e. The Morgan fingerprint density at radius 3 is 2.40 bits per heavy atom. The van der Waals surface area contributed by atoms with Gasteiger partial charge in [0.15, 0.2) is 0 Å². The van der Waals surface area contributed by atoms with Gasteiger partial charge in [-0.2, -0.15) is 0 Å². The zero-order chi connectivity index (χ0) is 15.1. The normalized spacial score (nSPS) is 13.2. The van der Waals surface area contributed by atoms with Crippen molar-refractivity contribution in [3.63, 3.8) is 0 Å². The third-order valence-electron chi connectivity index (χ3n) is 3.35. The van der Waals surface area contributed by atoms with Gasteiger partial charge in [-0.3, -0.25) is 4.90 Å². The predicted molar refractivity (Wildman–Crippen MR) is 88.7 cm³/mol. The molecule has 0 radical (unpaired) electrons. The third kappa shape index (κ3) is 4.90. The first kappa shape index (κ1) is 17.7. The first-order valence-corrected chi connectivity index (χ1v) is 7.79. The Kier molecular flexibility index (Phi) is 7.85. The van der Waals surface area contributed by atoms with E-state index in [1.807, 2.05) is 18.2 Å². The quantitative estimate of drug-likeness (QED) is 0.798. The van der Waals surface area contributed by atoms with Crippen molar-refractivity contribution < 1.29 is 0 Å². The molecule has 1 aromatic carbocycles. The molecule has 0 amide bonds. The van der Waals surface area contributed by atoms with Crippen molar-refractivity contribution in [1.82, 2.24) is 9.80 Å². The standard InChI is InChI=1S/C15H25Cl2N3/c1-4-8-20(10-9-19(2)3)14(11-18)12-6-5-7-13(16)15(12)17/h5-7,14H,4,8-11,18H2,1-3H3. The molecule has 3 nitrogen and oxygen atoms in total. The van der Waals surface area contributed by atoms with Gasteiger partial charge in [0, 0.05) is 25.7 Å². The van der Waals surface area contributed by atoms with E-state index in [1.165, 1.54) is 0 Å². The second-order valence-electron chi connectivity index (χ2n) is 5.23. The molecular formula is C15H25Cl2N3. The van der Waals surface area contributed by atoms with Gasteiger partial charge >= 0.3 is 0 Å². The smallest absolute Gasteiger partial charge is 0.0640 e. The minimum atomic E-state index is 0.112. The molecule has 0 aliphatic heterocycles. The van der Waals surface area contributed by atoms with Crippen LogP contribution in [0.25, 0.3) is 0 Å². The molecule has 1 atom stereocenters. The fourth-order valence-electron chi connectivity index (χ4n) is 2.29. The molecule has 5 heteroatoms. The molecule has 0 saturated heterocycles. The van der Waals surface area contributed by atoms with E-state index < -0.39 is 0 Å². The van der Waals surface area contributed by atoms with Gasteiger partial charge in [0.2, 0.25) is 0 Å². The number of halogens is 2. The maximum absolute atomic E-state index is 6.35. The molecule has 0 fully saturated rings. The molecule has 0 aliphatic rings. The van der Waals surface area contributed by atoms with Crippen LogP contribution in [0.15, 0.2) is 18.2 Å². The molecule has 20 heavy (non-hydrogen) atoms. The highest BCUT2D eigenvalue weighted by Crippen LogP contribution is 2.32. The van der Waals surface area contributed by atoms with Crippen molar-refractivity contribution in [3.8, 4) is 0 Å². The van der Waals surface area contributed by atoms with Crippen LogP contribution in [0, 0.1) is 0 Å². The molecule has 2 N–H and O–H groups in total. The number of nitrogens with zero attached hydrogens (tertiary/aromatic N) is 2. The Balaban J connectivity index is 2.96. The SMILES string of the molecule is CCCN(CCN(C)C)C(CN)c1cccc(Cl)c1Cl. The van der Waals surface area contributed by atoms with E-state index in [9.17, 15) is 0 Å². The van der Waals surface area contributed by atoms with Gasteiger partial charge in [-0.15, -0.1) is 0 Å². The van der Waals surface area contributed by atoms with Gasteiger partial charge in [0.1, 0.15) is 0 Å². The number of benzene rings is 1. The summed E-state index contributed by atoms with van der Waals surface area (Å²) in [6, 6.07) is 5.87. The number of nitrogens with two attached hydrogens (primary N) is 1. The molecule has 1 rings (SSSR count). The van der Waals surface area contributed by atoms with E-state index in [4.69, 9.17) is 28.9 Å². The van der Waals surface area contributed by atoms with Gasteiger partial charge in [-0.1, -0.05) is 42.3 Å². The zero-order valence-electron chi connectivity index (χ0n) is 12.6. The number of hydrogen-bond acceptors (Lipinski definition) is 3. The Bertz CT molecular complexity index is 410. The van der Waals surface area contributed by atoms with E-state index in [0.29, 0.717) is 16.6 Å². The lowest BCUT2D eigenvalue weighted by Gasteiger charge is -2.32. The Morgan fingerprint density at radius 2 is 1.85 bits per heavy atom. The van der Waals surface area contributed by atoms with Gasteiger partial charge in [0.05, 0.1) is 10.0 Å². The number of hydrogen-bond donors (Lipinski definition) is 1. The molecule has 0 aromatic heterocycles. The highest BCUT2D eigenvalue weighted by atomic mass is 35.5. The summed E-state index contributed by atoms with van der Waals surface area (Å²) >= 11 is 12.5. The highest BCUT2D eigenvalue weighted by molar-refractivity contribution is 6.42. The summed E-state index contributed by atoms with van der Waals surface area (Å²) in [6.07, 6.45) is 1.09. The first-order chi connectivity index (χ1) is 9.51. The second kappa shape index (κ2) is 8.85. The summed E-state index contributed by atoms with van der Waals surface area (Å²) in [5.41, 5.74) is 7.03. The van der Waals surface area contributed by atoms with Crippen LogP contribution in [-0.4, -0.2) is 50.1 Å². The van der Waals surface area contributed by atoms with Crippen molar-refractivity contribution in [1.29, 1.82) is 0 Å². The maximum atomic E-state index is 6.35. The first-order valence-electron chi connectivity index (χ1n) is 7.04. The number of likely N-dealkylation sites (N-methyl/N-ethyl adjacent to an activating group) is 1. The monoisotopic (exact) mass is 317 g/mol. The number of rotatable bonds is 8. The highest BCUT2D eigenvalue weighted by Gasteiger charge is 2.21. The Morgan fingerprint density at radius 1 is 1.15 bits per heavy atom. The van der Waals surface area contributed by atoms with Crippen LogP contribution in [0.3, 0.4) is 0 Å². The van der Waals surface area contributed by atoms with Crippen LogP contribution in [0.2, 0.25) is 10.0 Å².